The Morgan fingerprint density at radius 2 is 1.90 bits per heavy atom. The third kappa shape index (κ3) is 3.27. The van der Waals surface area contributed by atoms with Gasteiger partial charge in [-0.15, -0.1) is 0 Å². The van der Waals surface area contributed by atoms with Crippen molar-refractivity contribution in [2.45, 2.75) is 13.8 Å². The molecule has 7 heteroatoms. The van der Waals surface area contributed by atoms with Crippen LogP contribution in [0.2, 0.25) is 0 Å². The zero-order chi connectivity index (χ0) is 20.0. The van der Waals surface area contributed by atoms with Gasteiger partial charge < -0.3 is 18.6 Å². The maximum absolute atomic E-state index is 12.7. The molecular weight excluding hydrogens is 366 g/mol. The number of hydrogen-bond donors (Lipinski definition) is 0. The lowest BCUT2D eigenvalue weighted by atomic mass is 10.2. The number of likely N-dealkylation sites (N-methyl/N-ethyl adjacent to an activating group) is 1. The maximum Gasteiger partial charge on any atom is 0.347 e. The highest BCUT2D eigenvalue weighted by Gasteiger charge is 2.18. The summed E-state index contributed by atoms with van der Waals surface area (Å²) in [4.78, 5) is 26.5. The van der Waals surface area contributed by atoms with Gasteiger partial charge in [0.1, 0.15) is 11.5 Å². The Morgan fingerprint density at radius 1 is 1.07 bits per heavy atom. The molecule has 1 saturated heterocycles. The molecule has 0 aliphatic carbocycles. The first-order valence-corrected chi connectivity index (χ1v) is 9.98. The molecule has 5 heterocycles. The summed E-state index contributed by atoms with van der Waals surface area (Å²) in [6, 6.07) is 9.78. The van der Waals surface area contributed by atoms with E-state index in [1.165, 1.54) is 0 Å². The van der Waals surface area contributed by atoms with Gasteiger partial charge in [0.15, 0.2) is 0 Å². The number of rotatable bonds is 3. The zero-order valence-electron chi connectivity index (χ0n) is 16.6. The number of nitrogens with zero attached hydrogens (tertiary/aromatic N) is 5. The third-order valence-corrected chi connectivity index (χ3v) is 5.62. The number of imidazole rings is 1. The van der Waals surface area contributed by atoms with Gasteiger partial charge in [-0.05, 0) is 49.4 Å². The summed E-state index contributed by atoms with van der Waals surface area (Å²) in [6.45, 7) is 9.16. The van der Waals surface area contributed by atoms with Crippen molar-refractivity contribution < 1.29 is 4.42 Å². The number of aryl methyl sites for hydroxylation is 1. The van der Waals surface area contributed by atoms with Crippen LogP contribution in [0.15, 0.2) is 51.9 Å². The lowest BCUT2D eigenvalue weighted by molar-refractivity contribution is 0.270. The van der Waals surface area contributed by atoms with Crippen LogP contribution in [0.3, 0.4) is 0 Å². The first-order chi connectivity index (χ1) is 14.1. The van der Waals surface area contributed by atoms with Crippen molar-refractivity contribution in [3.63, 3.8) is 0 Å². The van der Waals surface area contributed by atoms with E-state index < -0.39 is 5.63 Å². The van der Waals surface area contributed by atoms with Crippen molar-refractivity contribution in [2.24, 2.45) is 0 Å². The molecule has 5 rings (SSSR count). The Morgan fingerprint density at radius 3 is 2.69 bits per heavy atom. The molecular formula is C22H23N5O2. The predicted molar refractivity (Wildman–Crippen MR) is 114 cm³/mol. The minimum absolute atomic E-state index is 0.369. The van der Waals surface area contributed by atoms with Crippen LogP contribution in [0.25, 0.3) is 28.0 Å². The average molecular weight is 389 g/mol. The second kappa shape index (κ2) is 7.00. The van der Waals surface area contributed by atoms with Crippen LogP contribution in [0.5, 0.6) is 0 Å². The molecule has 7 nitrogen and oxygen atoms in total. The third-order valence-electron chi connectivity index (χ3n) is 5.62. The van der Waals surface area contributed by atoms with E-state index in [1.807, 2.05) is 54.0 Å². The fourth-order valence-electron chi connectivity index (χ4n) is 3.85. The molecule has 0 amide bonds. The van der Waals surface area contributed by atoms with Crippen LogP contribution < -0.4 is 10.5 Å². The van der Waals surface area contributed by atoms with Crippen molar-refractivity contribution >= 4 is 22.6 Å². The summed E-state index contributed by atoms with van der Waals surface area (Å²) >= 11 is 0. The fraction of sp³-hybridized carbons (Fsp3) is 0.318. The van der Waals surface area contributed by atoms with Crippen LogP contribution in [-0.2, 0) is 0 Å². The molecule has 0 spiro atoms. The lowest BCUT2D eigenvalue weighted by Gasteiger charge is -2.34. The molecule has 1 aliphatic heterocycles. The Labute approximate surface area is 168 Å². The largest absolute Gasteiger partial charge is 0.403 e. The van der Waals surface area contributed by atoms with Gasteiger partial charge in [-0.3, -0.25) is 0 Å². The van der Waals surface area contributed by atoms with Gasteiger partial charge in [-0.25, -0.2) is 9.78 Å². The van der Waals surface area contributed by atoms with Crippen molar-refractivity contribution in [2.75, 3.05) is 37.6 Å². The Hall–Kier alpha value is -3.19. The SMILES string of the molecule is CCN1CCN(c2ccc3cc(-c4cn5ccc(C)cc5n4)c(=O)oc3n2)CC1. The molecule has 0 bridgehead atoms. The molecule has 4 aromatic heterocycles. The molecule has 0 saturated carbocycles. The minimum Gasteiger partial charge on any atom is -0.403 e. The summed E-state index contributed by atoms with van der Waals surface area (Å²) in [5.74, 6) is 0.854. The van der Waals surface area contributed by atoms with Gasteiger partial charge in [-0.2, -0.15) is 4.98 Å². The molecule has 0 aromatic carbocycles. The van der Waals surface area contributed by atoms with Crippen LogP contribution >= 0.6 is 0 Å². The maximum atomic E-state index is 12.7. The first-order valence-electron chi connectivity index (χ1n) is 9.98. The first kappa shape index (κ1) is 17.9. The zero-order valence-corrected chi connectivity index (χ0v) is 16.6. The fourth-order valence-corrected chi connectivity index (χ4v) is 3.85. The standard InChI is InChI=1S/C22H23N5O2/c1-3-25-8-10-26(11-9-25)19-5-4-16-13-17(22(28)29-21(16)24-19)18-14-27-7-6-15(2)12-20(27)23-18/h4-7,12-14H,3,8-11H2,1-2H3. The monoisotopic (exact) mass is 389 g/mol. The highest BCUT2D eigenvalue weighted by atomic mass is 16.4. The van der Waals surface area contributed by atoms with Gasteiger partial charge >= 0.3 is 5.63 Å². The number of aromatic nitrogens is 3. The van der Waals surface area contributed by atoms with Gasteiger partial charge in [0.05, 0.1) is 11.3 Å². The van der Waals surface area contributed by atoms with Crippen molar-refractivity contribution in [1.29, 1.82) is 0 Å². The normalized spacial score (nSPS) is 15.4. The highest BCUT2D eigenvalue weighted by molar-refractivity contribution is 5.80. The van der Waals surface area contributed by atoms with Crippen molar-refractivity contribution in [3.8, 4) is 11.3 Å². The van der Waals surface area contributed by atoms with Crippen molar-refractivity contribution in [3.05, 3.63) is 58.7 Å². The van der Waals surface area contributed by atoms with E-state index in [9.17, 15) is 4.79 Å². The topological polar surface area (TPSA) is 66.9 Å². The lowest BCUT2D eigenvalue weighted by Crippen LogP contribution is -2.46. The Balaban J connectivity index is 1.50. The molecule has 1 fully saturated rings. The minimum atomic E-state index is -0.418. The van der Waals surface area contributed by atoms with E-state index >= 15 is 0 Å². The van der Waals surface area contributed by atoms with Crippen LogP contribution in [0, 0.1) is 6.92 Å². The number of pyridine rings is 2. The molecule has 0 atom stereocenters. The van der Waals surface area contributed by atoms with Crippen molar-refractivity contribution in [1.82, 2.24) is 19.3 Å². The van der Waals surface area contributed by atoms with Crippen LogP contribution in [0.1, 0.15) is 12.5 Å². The quantitative estimate of drug-likeness (QED) is 0.537. The number of anilines is 1. The second-order valence-corrected chi connectivity index (χ2v) is 7.53. The molecule has 148 valence electrons. The molecule has 0 N–H and O–H groups in total. The van der Waals surface area contributed by atoms with Gasteiger partial charge in [0, 0.05) is 44.0 Å². The predicted octanol–water partition coefficient (Wildman–Crippen LogP) is 2.95. The highest BCUT2D eigenvalue weighted by Crippen LogP contribution is 2.23. The van der Waals surface area contributed by atoms with E-state index in [4.69, 9.17) is 4.42 Å². The van der Waals surface area contributed by atoms with E-state index in [0.29, 0.717) is 17.0 Å². The van der Waals surface area contributed by atoms with E-state index in [-0.39, 0.29) is 0 Å². The second-order valence-electron chi connectivity index (χ2n) is 7.53. The number of hydrogen-bond acceptors (Lipinski definition) is 6. The van der Waals surface area contributed by atoms with E-state index in [2.05, 4.69) is 26.7 Å². The molecule has 0 radical (unpaired) electrons. The Kier molecular flexibility index (Phi) is 4.32. The molecule has 1 aliphatic rings. The van der Waals surface area contributed by atoms with Gasteiger partial charge in [0.25, 0.3) is 0 Å². The average Bonchev–Trinajstić information content (AvgIpc) is 3.15. The van der Waals surface area contributed by atoms with Gasteiger partial charge in [-0.1, -0.05) is 6.92 Å². The summed E-state index contributed by atoms with van der Waals surface area (Å²) in [7, 11) is 0. The van der Waals surface area contributed by atoms with E-state index in [1.54, 1.807) is 0 Å². The van der Waals surface area contributed by atoms with Gasteiger partial charge in [0.2, 0.25) is 5.71 Å². The summed E-state index contributed by atoms with van der Waals surface area (Å²) in [5, 5.41) is 0.795. The number of piperazine rings is 1. The van der Waals surface area contributed by atoms with E-state index in [0.717, 1.165) is 55.1 Å². The number of fused-ring (bicyclic) bond motifs is 2. The summed E-state index contributed by atoms with van der Waals surface area (Å²) in [6.07, 6.45) is 3.79. The van der Waals surface area contributed by atoms with Crippen LogP contribution in [-0.4, -0.2) is 52.0 Å². The van der Waals surface area contributed by atoms with Crippen LogP contribution in [0.4, 0.5) is 5.82 Å². The smallest absolute Gasteiger partial charge is 0.347 e. The molecule has 0 unspecified atom stereocenters. The Bertz CT molecular complexity index is 1250. The summed E-state index contributed by atoms with van der Waals surface area (Å²) < 4.78 is 7.49. The molecule has 29 heavy (non-hydrogen) atoms. The molecule has 4 aromatic rings. The summed E-state index contributed by atoms with van der Waals surface area (Å²) in [5.41, 5.74) is 2.93.